The van der Waals surface area contributed by atoms with Crippen molar-refractivity contribution in [1.29, 1.82) is 0 Å². The minimum atomic E-state index is -0.851. The Labute approximate surface area is 164 Å². The van der Waals surface area contributed by atoms with E-state index in [1.54, 1.807) is 18.3 Å². The van der Waals surface area contributed by atoms with Crippen molar-refractivity contribution in [3.05, 3.63) is 50.7 Å². The summed E-state index contributed by atoms with van der Waals surface area (Å²) in [6.45, 7) is 7.77. The zero-order chi connectivity index (χ0) is 19.6. The van der Waals surface area contributed by atoms with Crippen molar-refractivity contribution in [2.45, 2.75) is 65.4 Å². The van der Waals surface area contributed by atoms with Crippen LogP contribution >= 0.6 is 11.3 Å². The van der Waals surface area contributed by atoms with E-state index in [0.717, 1.165) is 41.6 Å². The lowest BCUT2D eigenvalue weighted by molar-refractivity contribution is -0.123. The average molecular weight is 386 g/mol. The van der Waals surface area contributed by atoms with Crippen LogP contribution in [0.2, 0.25) is 0 Å². The molecule has 27 heavy (non-hydrogen) atoms. The Bertz CT molecular complexity index is 853. The number of hydrogen-bond acceptors (Lipinski definition) is 4. The number of thiophene rings is 1. The molecule has 1 aliphatic carbocycles. The molecule has 0 fully saturated rings. The fourth-order valence-electron chi connectivity index (χ4n) is 3.51. The number of nitrogens with one attached hydrogen (secondary N) is 1. The smallest absolute Gasteiger partial charge is 0.340 e. The molecule has 1 heterocycles. The maximum atomic E-state index is 12.6. The maximum absolute atomic E-state index is 12.6. The first-order valence-corrected chi connectivity index (χ1v) is 10.5. The van der Waals surface area contributed by atoms with Gasteiger partial charge in [0.15, 0.2) is 6.10 Å². The molecule has 1 aromatic heterocycles. The Morgan fingerprint density at radius 3 is 2.63 bits per heavy atom. The van der Waals surface area contributed by atoms with Crippen LogP contribution in [0, 0.1) is 6.92 Å². The van der Waals surface area contributed by atoms with Crippen molar-refractivity contribution in [2.24, 2.45) is 0 Å². The van der Waals surface area contributed by atoms with Crippen LogP contribution < -0.4 is 5.32 Å². The van der Waals surface area contributed by atoms with Crippen LogP contribution in [-0.2, 0) is 22.4 Å². The number of carbonyl (C=O) groups excluding carboxylic acids is 2. The third-order valence-electron chi connectivity index (χ3n) is 5.11. The van der Waals surface area contributed by atoms with Crippen LogP contribution in [0.25, 0.3) is 0 Å². The van der Waals surface area contributed by atoms with Gasteiger partial charge in [0.2, 0.25) is 0 Å². The molecule has 5 heteroatoms. The van der Waals surface area contributed by atoms with Gasteiger partial charge in [-0.1, -0.05) is 32.0 Å². The summed E-state index contributed by atoms with van der Waals surface area (Å²) in [6, 6.07) is 5.97. The Hall–Kier alpha value is -2.14. The standard InChI is InChI=1S/C22H27NO3S/c1-13(2)16-10-7-8-14(3)20(16)23-21(24)15(4)26-22(25)18-12-27-19-11-6-5-9-17(18)19/h7-8,10,12-13,15H,5-6,9,11H2,1-4H3,(H,23,24)/t15-/m1/s1. The summed E-state index contributed by atoms with van der Waals surface area (Å²) in [5.41, 5.74) is 4.64. The number of anilines is 1. The van der Waals surface area contributed by atoms with E-state index in [2.05, 4.69) is 19.2 Å². The number of hydrogen-bond donors (Lipinski definition) is 1. The van der Waals surface area contributed by atoms with E-state index in [1.165, 1.54) is 11.3 Å². The summed E-state index contributed by atoms with van der Waals surface area (Å²) in [7, 11) is 0. The lowest BCUT2D eigenvalue weighted by atomic mass is 9.96. The summed E-state index contributed by atoms with van der Waals surface area (Å²) in [6.07, 6.45) is 3.39. The van der Waals surface area contributed by atoms with Crippen LogP contribution in [0.4, 0.5) is 5.69 Å². The number of fused-ring (bicyclic) bond motifs is 1. The molecular weight excluding hydrogens is 358 g/mol. The number of aryl methyl sites for hydroxylation is 2. The summed E-state index contributed by atoms with van der Waals surface area (Å²) >= 11 is 1.62. The Kier molecular flexibility index (Phi) is 6.00. The molecule has 3 rings (SSSR count). The lowest BCUT2D eigenvalue weighted by Crippen LogP contribution is -2.31. The molecule has 0 unspecified atom stereocenters. The van der Waals surface area contributed by atoms with Crippen LogP contribution in [0.5, 0.6) is 0 Å². The number of amides is 1. The number of benzene rings is 1. The molecule has 1 N–H and O–H groups in total. The largest absolute Gasteiger partial charge is 0.449 e. The summed E-state index contributed by atoms with van der Waals surface area (Å²) in [4.78, 5) is 26.5. The van der Waals surface area contributed by atoms with Gasteiger partial charge in [-0.15, -0.1) is 11.3 Å². The second kappa shape index (κ2) is 8.26. The van der Waals surface area contributed by atoms with Crippen molar-refractivity contribution < 1.29 is 14.3 Å². The Balaban J connectivity index is 1.70. The number of esters is 1. The van der Waals surface area contributed by atoms with Crippen LogP contribution in [0.3, 0.4) is 0 Å². The van der Waals surface area contributed by atoms with Crippen molar-refractivity contribution in [3.8, 4) is 0 Å². The molecule has 1 aliphatic rings. The third kappa shape index (κ3) is 4.24. The van der Waals surface area contributed by atoms with Gasteiger partial charge in [-0.2, -0.15) is 0 Å². The second-order valence-corrected chi connectivity index (χ2v) is 8.45. The van der Waals surface area contributed by atoms with Gasteiger partial charge in [0, 0.05) is 15.9 Å². The van der Waals surface area contributed by atoms with E-state index in [0.29, 0.717) is 5.56 Å². The highest BCUT2D eigenvalue weighted by molar-refractivity contribution is 7.10. The molecule has 0 saturated heterocycles. The first kappa shape index (κ1) is 19.6. The van der Waals surface area contributed by atoms with E-state index in [4.69, 9.17) is 4.74 Å². The lowest BCUT2D eigenvalue weighted by Gasteiger charge is -2.19. The quantitative estimate of drug-likeness (QED) is 0.716. The van der Waals surface area contributed by atoms with Crippen LogP contribution in [0.15, 0.2) is 23.6 Å². The summed E-state index contributed by atoms with van der Waals surface area (Å²) in [5, 5.41) is 4.84. The van der Waals surface area contributed by atoms with E-state index in [1.807, 2.05) is 30.5 Å². The summed E-state index contributed by atoms with van der Waals surface area (Å²) < 4.78 is 5.49. The molecule has 4 nitrogen and oxygen atoms in total. The fraction of sp³-hybridized carbons (Fsp3) is 0.455. The van der Waals surface area contributed by atoms with E-state index < -0.39 is 12.1 Å². The van der Waals surface area contributed by atoms with Gasteiger partial charge in [0.05, 0.1) is 5.56 Å². The molecular formula is C22H27NO3S. The molecule has 0 radical (unpaired) electrons. The van der Waals surface area contributed by atoms with Crippen LogP contribution in [-0.4, -0.2) is 18.0 Å². The van der Waals surface area contributed by atoms with Crippen LogP contribution in [0.1, 0.15) is 71.5 Å². The molecule has 1 aromatic carbocycles. The Morgan fingerprint density at radius 2 is 1.89 bits per heavy atom. The highest BCUT2D eigenvalue weighted by Crippen LogP contribution is 2.31. The van der Waals surface area contributed by atoms with Gasteiger partial charge < -0.3 is 10.1 Å². The summed E-state index contributed by atoms with van der Waals surface area (Å²) in [5.74, 6) is -0.412. The van der Waals surface area contributed by atoms with Gasteiger partial charge in [0.25, 0.3) is 5.91 Å². The van der Waals surface area contributed by atoms with E-state index in [-0.39, 0.29) is 11.8 Å². The van der Waals surface area contributed by atoms with Crippen molar-refractivity contribution >= 4 is 28.9 Å². The van der Waals surface area contributed by atoms with Gasteiger partial charge in [-0.25, -0.2) is 4.79 Å². The monoisotopic (exact) mass is 385 g/mol. The second-order valence-electron chi connectivity index (χ2n) is 7.49. The predicted molar refractivity (Wildman–Crippen MR) is 110 cm³/mol. The normalized spacial score (nSPS) is 14.6. The minimum absolute atomic E-state index is 0.287. The van der Waals surface area contributed by atoms with Gasteiger partial charge >= 0.3 is 5.97 Å². The first-order valence-electron chi connectivity index (χ1n) is 9.59. The van der Waals surface area contributed by atoms with Crippen molar-refractivity contribution in [2.75, 3.05) is 5.32 Å². The minimum Gasteiger partial charge on any atom is -0.449 e. The topological polar surface area (TPSA) is 55.4 Å². The third-order valence-corrected chi connectivity index (χ3v) is 6.20. The maximum Gasteiger partial charge on any atom is 0.340 e. The predicted octanol–water partition coefficient (Wildman–Crippen LogP) is 5.24. The Morgan fingerprint density at radius 1 is 1.15 bits per heavy atom. The number of para-hydroxylation sites is 1. The SMILES string of the molecule is Cc1cccc(C(C)C)c1NC(=O)[C@@H](C)OC(=O)c1csc2c1CCCC2. The molecule has 2 aromatic rings. The van der Waals surface area contributed by atoms with Gasteiger partial charge in [0.1, 0.15) is 0 Å². The van der Waals surface area contributed by atoms with E-state index >= 15 is 0 Å². The molecule has 1 atom stereocenters. The van der Waals surface area contributed by atoms with Gasteiger partial charge in [-0.3, -0.25) is 4.79 Å². The highest BCUT2D eigenvalue weighted by Gasteiger charge is 2.25. The highest BCUT2D eigenvalue weighted by atomic mass is 32.1. The van der Waals surface area contributed by atoms with Crippen molar-refractivity contribution in [3.63, 3.8) is 0 Å². The van der Waals surface area contributed by atoms with Gasteiger partial charge in [-0.05, 0) is 62.1 Å². The fourth-order valence-corrected chi connectivity index (χ4v) is 4.62. The first-order chi connectivity index (χ1) is 12.9. The molecule has 144 valence electrons. The molecule has 0 bridgehead atoms. The molecule has 1 amide bonds. The average Bonchev–Trinajstić information content (AvgIpc) is 3.07. The molecule has 0 saturated carbocycles. The number of rotatable bonds is 5. The zero-order valence-corrected chi connectivity index (χ0v) is 17.2. The zero-order valence-electron chi connectivity index (χ0n) is 16.4. The molecule has 0 spiro atoms. The molecule has 0 aliphatic heterocycles. The number of ether oxygens (including phenoxy) is 1. The van der Waals surface area contributed by atoms with E-state index in [9.17, 15) is 9.59 Å². The number of carbonyl (C=O) groups is 2. The van der Waals surface area contributed by atoms with Crippen molar-refractivity contribution in [1.82, 2.24) is 0 Å².